The van der Waals surface area contributed by atoms with E-state index in [9.17, 15) is 0 Å². The van der Waals surface area contributed by atoms with Gasteiger partial charge < -0.3 is 4.74 Å². The van der Waals surface area contributed by atoms with E-state index >= 15 is 0 Å². The molecule has 0 amide bonds. The Kier molecular flexibility index (Phi) is 9.09. The molecule has 0 N–H and O–H groups in total. The Hall–Kier alpha value is 1.04. The number of alkyl halides is 1. The Morgan fingerprint density at radius 2 is 2.38 bits per heavy atom. The fraction of sp³-hybridized carbons (Fsp3) is 1.00. The molecule has 0 saturated carbocycles. The van der Waals surface area contributed by atoms with E-state index < -0.39 is 0 Å². The molecule has 1 nitrogen and oxygen atoms in total. The van der Waals surface area contributed by atoms with Crippen LogP contribution in [0.2, 0.25) is 0 Å². The first-order valence-corrected chi connectivity index (χ1v) is 5.31. The van der Waals surface area contributed by atoms with Gasteiger partial charge in [-0.3, -0.25) is 0 Å². The van der Waals surface area contributed by atoms with E-state index in [1.807, 2.05) is 11.8 Å². The van der Waals surface area contributed by atoms with Crippen LogP contribution in [-0.4, -0.2) is 22.7 Å². The van der Waals surface area contributed by atoms with Crippen LogP contribution >= 0.6 is 34.4 Å². The molecule has 0 saturated heterocycles. The number of ether oxygens (including phenoxy) is 1. The lowest BCUT2D eigenvalue weighted by atomic mass is 10.9. The van der Waals surface area contributed by atoms with Crippen LogP contribution < -0.4 is 0 Å². The summed E-state index contributed by atoms with van der Waals surface area (Å²) in [4.78, 5) is 0. The molecular weight excluding hydrogens is 235 g/mol. The molecular formula is C5H11IOS. The lowest BCUT2D eigenvalue weighted by Crippen LogP contribution is -1.93. The first kappa shape index (κ1) is 9.04. The summed E-state index contributed by atoms with van der Waals surface area (Å²) < 4.78 is 5.92. The highest BCUT2D eigenvalue weighted by Crippen LogP contribution is 1.97. The van der Waals surface area contributed by atoms with Crippen molar-refractivity contribution in [3.8, 4) is 0 Å². The monoisotopic (exact) mass is 246 g/mol. The third kappa shape index (κ3) is 7.04. The van der Waals surface area contributed by atoms with Crippen molar-refractivity contribution in [1.29, 1.82) is 0 Å². The predicted molar refractivity (Wildman–Crippen MR) is 47.8 cm³/mol. The molecule has 8 heavy (non-hydrogen) atoms. The summed E-state index contributed by atoms with van der Waals surface area (Å²) in [5.41, 5.74) is 0. The number of thioether (sulfide) groups is 1. The molecule has 3 heteroatoms. The molecule has 0 radical (unpaired) electrons. The van der Waals surface area contributed by atoms with E-state index in [1.54, 1.807) is 0 Å². The molecule has 0 atom stereocenters. The highest BCUT2D eigenvalue weighted by molar-refractivity contribution is 14.1. The van der Waals surface area contributed by atoms with Crippen LogP contribution in [0.4, 0.5) is 0 Å². The topological polar surface area (TPSA) is 9.23 Å². The van der Waals surface area contributed by atoms with Gasteiger partial charge in [0.25, 0.3) is 0 Å². The van der Waals surface area contributed by atoms with Gasteiger partial charge >= 0.3 is 0 Å². The molecule has 0 aromatic heterocycles. The normalized spacial score (nSPS) is 9.75. The summed E-state index contributed by atoms with van der Waals surface area (Å²) in [6.07, 6.45) is 0. The molecule has 0 aromatic rings. The maximum atomic E-state index is 5.10. The minimum Gasteiger partial charge on any atom is -0.370 e. The quantitative estimate of drug-likeness (QED) is 0.417. The summed E-state index contributed by atoms with van der Waals surface area (Å²) in [6, 6.07) is 0. The van der Waals surface area contributed by atoms with Crippen molar-refractivity contribution in [3.63, 3.8) is 0 Å². The van der Waals surface area contributed by atoms with Crippen molar-refractivity contribution in [2.24, 2.45) is 0 Å². The fourth-order valence-electron chi connectivity index (χ4n) is 0.317. The Bertz CT molecular complexity index is 37.4. The summed E-state index contributed by atoms with van der Waals surface area (Å²) in [6.45, 7) is 3.07. The summed E-state index contributed by atoms with van der Waals surface area (Å²) in [7, 11) is 0. The highest BCUT2D eigenvalue weighted by Gasteiger charge is 1.82. The Morgan fingerprint density at radius 1 is 1.62 bits per heavy atom. The standard InChI is InChI=1S/C5H11IOS/c1-2-8-4-3-7-5-6/h2-5H2,1H3. The van der Waals surface area contributed by atoms with Crippen molar-refractivity contribution in [3.05, 3.63) is 0 Å². The van der Waals surface area contributed by atoms with Gasteiger partial charge in [0.2, 0.25) is 0 Å². The number of halogens is 1. The molecule has 0 unspecified atom stereocenters. The van der Waals surface area contributed by atoms with E-state index in [0.717, 1.165) is 17.0 Å². The lowest BCUT2D eigenvalue weighted by Gasteiger charge is -1.96. The number of hydrogen-bond acceptors (Lipinski definition) is 2. The first-order valence-electron chi connectivity index (χ1n) is 2.63. The van der Waals surface area contributed by atoms with Gasteiger partial charge in [-0.2, -0.15) is 11.8 Å². The molecule has 50 valence electrons. The molecule has 0 bridgehead atoms. The van der Waals surface area contributed by atoms with E-state index in [1.165, 1.54) is 5.75 Å². The zero-order chi connectivity index (χ0) is 6.24. The van der Waals surface area contributed by atoms with Crippen molar-refractivity contribution in [1.82, 2.24) is 0 Å². The summed E-state index contributed by atoms with van der Waals surface area (Å²) >= 11 is 4.13. The van der Waals surface area contributed by atoms with Gasteiger partial charge in [0.05, 0.1) is 11.2 Å². The zero-order valence-electron chi connectivity index (χ0n) is 5.02. The average molecular weight is 246 g/mol. The van der Waals surface area contributed by atoms with E-state index in [4.69, 9.17) is 4.74 Å². The largest absolute Gasteiger partial charge is 0.370 e. The third-order valence-corrected chi connectivity index (χ3v) is 1.96. The van der Waals surface area contributed by atoms with Crippen LogP contribution in [0.15, 0.2) is 0 Å². The Morgan fingerprint density at radius 3 is 2.88 bits per heavy atom. The second kappa shape index (κ2) is 8.04. The Balaban J connectivity index is 2.53. The van der Waals surface area contributed by atoms with Gasteiger partial charge in [0, 0.05) is 5.75 Å². The fourth-order valence-corrected chi connectivity index (χ4v) is 1.15. The van der Waals surface area contributed by atoms with E-state index in [2.05, 4.69) is 29.5 Å². The SMILES string of the molecule is CCSCCOCI. The maximum Gasteiger partial charge on any atom is 0.0979 e. The van der Waals surface area contributed by atoms with Crippen molar-refractivity contribution < 1.29 is 4.74 Å². The van der Waals surface area contributed by atoms with Crippen LogP contribution in [0.3, 0.4) is 0 Å². The van der Waals surface area contributed by atoms with Gasteiger partial charge in [-0.1, -0.05) is 29.5 Å². The van der Waals surface area contributed by atoms with Gasteiger partial charge in [-0.15, -0.1) is 0 Å². The van der Waals surface area contributed by atoms with Crippen molar-refractivity contribution in [2.75, 3.05) is 22.7 Å². The van der Waals surface area contributed by atoms with Crippen LogP contribution in [0.25, 0.3) is 0 Å². The van der Waals surface area contributed by atoms with Crippen LogP contribution in [-0.2, 0) is 4.74 Å². The Labute approximate surface area is 68.7 Å². The van der Waals surface area contributed by atoms with Gasteiger partial charge in [-0.05, 0) is 5.75 Å². The molecule has 0 aliphatic rings. The maximum absolute atomic E-state index is 5.10. The smallest absolute Gasteiger partial charge is 0.0979 e. The van der Waals surface area contributed by atoms with Gasteiger partial charge in [0.1, 0.15) is 0 Å². The minimum absolute atomic E-state index is 0.821. The van der Waals surface area contributed by atoms with Crippen LogP contribution in [0, 0.1) is 0 Å². The second-order valence-electron chi connectivity index (χ2n) is 1.21. The zero-order valence-corrected chi connectivity index (χ0v) is 8.00. The predicted octanol–water partition coefficient (Wildman–Crippen LogP) is 2.15. The third-order valence-electron chi connectivity index (χ3n) is 0.653. The van der Waals surface area contributed by atoms with E-state index in [-0.39, 0.29) is 0 Å². The van der Waals surface area contributed by atoms with Gasteiger partial charge in [0.15, 0.2) is 0 Å². The first-order chi connectivity index (χ1) is 3.91. The molecule has 0 fully saturated rings. The van der Waals surface area contributed by atoms with Crippen molar-refractivity contribution in [2.45, 2.75) is 6.92 Å². The highest BCUT2D eigenvalue weighted by atomic mass is 127. The lowest BCUT2D eigenvalue weighted by molar-refractivity contribution is 0.210. The summed E-state index contributed by atoms with van der Waals surface area (Å²) in [5, 5.41) is 0. The molecule has 0 aliphatic carbocycles. The summed E-state index contributed by atoms with van der Waals surface area (Å²) in [5.74, 6) is 2.34. The molecule has 0 rings (SSSR count). The molecule has 0 aliphatic heterocycles. The van der Waals surface area contributed by atoms with Crippen molar-refractivity contribution >= 4 is 34.4 Å². The minimum atomic E-state index is 0.821. The average Bonchev–Trinajstić information content (AvgIpc) is 1.81. The second-order valence-corrected chi connectivity index (χ2v) is 3.23. The van der Waals surface area contributed by atoms with Gasteiger partial charge in [-0.25, -0.2) is 0 Å². The van der Waals surface area contributed by atoms with E-state index in [0.29, 0.717) is 0 Å². The molecule has 0 heterocycles. The van der Waals surface area contributed by atoms with Crippen LogP contribution in [0.5, 0.6) is 0 Å². The molecule has 0 aromatic carbocycles. The van der Waals surface area contributed by atoms with Crippen LogP contribution in [0.1, 0.15) is 6.92 Å². The number of hydrogen-bond donors (Lipinski definition) is 0. The molecule has 0 spiro atoms. The number of rotatable bonds is 5.